The zero-order valence-corrected chi connectivity index (χ0v) is 9.53. The van der Waals surface area contributed by atoms with Gasteiger partial charge in [-0.2, -0.15) is 15.0 Å². The number of aromatic nitrogens is 3. The van der Waals surface area contributed by atoms with Crippen LogP contribution in [0.3, 0.4) is 0 Å². The van der Waals surface area contributed by atoms with Crippen molar-refractivity contribution in [2.75, 3.05) is 0 Å². The summed E-state index contributed by atoms with van der Waals surface area (Å²) in [7, 11) is 0. The van der Waals surface area contributed by atoms with Gasteiger partial charge in [-0.3, -0.25) is 0 Å². The summed E-state index contributed by atoms with van der Waals surface area (Å²) < 4.78 is 0. The van der Waals surface area contributed by atoms with Crippen LogP contribution in [0.25, 0.3) is 5.69 Å². The summed E-state index contributed by atoms with van der Waals surface area (Å²) >= 11 is 9.09. The van der Waals surface area contributed by atoms with Crippen LogP contribution >= 0.6 is 27.5 Å². The topological polar surface area (TPSA) is 30.7 Å². The maximum absolute atomic E-state index is 5.77. The van der Waals surface area contributed by atoms with Crippen LogP contribution in [0.2, 0.25) is 5.02 Å². The number of hydrogen-bond donors (Lipinski definition) is 0. The highest BCUT2D eigenvalue weighted by atomic mass is 79.9. The van der Waals surface area contributed by atoms with Crippen molar-refractivity contribution in [3.05, 3.63) is 41.2 Å². The minimum Gasteiger partial charge on any atom is -0.157 e. The molecule has 0 fully saturated rings. The molecule has 0 aliphatic carbocycles. The van der Waals surface area contributed by atoms with Gasteiger partial charge in [-0.05, 0) is 24.3 Å². The second kappa shape index (κ2) is 4.11. The largest absolute Gasteiger partial charge is 0.157 e. The molecule has 2 aromatic rings. The molecule has 0 unspecified atom stereocenters. The summed E-state index contributed by atoms with van der Waals surface area (Å²) in [6.07, 6.45) is 1.73. The second-order valence-corrected chi connectivity index (χ2v) is 3.73. The minimum absolute atomic E-state index is 0.709. The molecule has 0 spiro atoms. The van der Waals surface area contributed by atoms with Gasteiger partial charge in [0, 0.05) is 10.4 Å². The molecule has 0 saturated heterocycles. The molecule has 0 bridgehead atoms. The lowest BCUT2D eigenvalue weighted by Crippen LogP contribution is -1.98. The van der Waals surface area contributed by atoms with E-state index in [2.05, 4.69) is 26.1 Å². The van der Waals surface area contributed by atoms with Crippen LogP contribution in [0.4, 0.5) is 0 Å². The Morgan fingerprint density at radius 3 is 2.57 bits per heavy atom. The summed E-state index contributed by atoms with van der Waals surface area (Å²) in [4.78, 5) is 1.58. The van der Waals surface area contributed by atoms with Crippen LogP contribution < -0.4 is 0 Å². The molecule has 72 valence electrons. The Kier molecular flexibility index (Phi) is 2.84. The molecule has 0 radical (unpaired) electrons. The van der Waals surface area contributed by atoms with Crippen molar-refractivity contribution in [2.45, 2.75) is 5.33 Å². The van der Waals surface area contributed by atoms with E-state index in [1.807, 2.05) is 24.3 Å². The third-order valence-corrected chi connectivity index (χ3v) is 2.56. The van der Waals surface area contributed by atoms with Crippen LogP contribution in [-0.4, -0.2) is 15.0 Å². The second-order valence-electron chi connectivity index (χ2n) is 2.74. The molecular weight excluding hydrogens is 265 g/mol. The molecule has 14 heavy (non-hydrogen) atoms. The molecule has 1 heterocycles. The summed E-state index contributed by atoms with van der Waals surface area (Å²) in [6, 6.07) is 7.38. The molecule has 1 aromatic heterocycles. The molecule has 0 saturated carbocycles. The van der Waals surface area contributed by atoms with Crippen LogP contribution in [0.5, 0.6) is 0 Å². The average Bonchev–Trinajstić information content (AvgIpc) is 2.67. The van der Waals surface area contributed by atoms with Crippen LogP contribution in [0, 0.1) is 0 Å². The van der Waals surface area contributed by atoms with Crippen molar-refractivity contribution in [3.8, 4) is 5.69 Å². The number of nitrogens with zero attached hydrogens (tertiary/aromatic N) is 3. The molecule has 0 aliphatic rings. The molecule has 1 aromatic carbocycles. The predicted molar refractivity (Wildman–Crippen MR) is 59.0 cm³/mol. The van der Waals surface area contributed by atoms with Crippen molar-refractivity contribution < 1.29 is 0 Å². The number of hydrogen-bond acceptors (Lipinski definition) is 2. The fourth-order valence-electron chi connectivity index (χ4n) is 1.05. The number of rotatable bonds is 2. The van der Waals surface area contributed by atoms with E-state index >= 15 is 0 Å². The standard InChI is InChI=1S/C9H7BrClN3/c10-5-8-6-12-14(13-8)9-3-1-7(11)2-4-9/h1-4,6H,5H2. The van der Waals surface area contributed by atoms with E-state index in [0.717, 1.165) is 11.4 Å². The Morgan fingerprint density at radius 2 is 2.00 bits per heavy atom. The average molecular weight is 273 g/mol. The van der Waals surface area contributed by atoms with E-state index in [0.29, 0.717) is 10.4 Å². The Balaban J connectivity index is 2.34. The van der Waals surface area contributed by atoms with Gasteiger partial charge in [-0.1, -0.05) is 27.5 Å². The Morgan fingerprint density at radius 1 is 1.29 bits per heavy atom. The first-order chi connectivity index (χ1) is 6.79. The van der Waals surface area contributed by atoms with E-state index in [1.165, 1.54) is 0 Å². The van der Waals surface area contributed by atoms with Gasteiger partial charge in [0.25, 0.3) is 0 Å². The lowest BCUT2D eigenvalue weighted by Gasteiger charge is -1.98. The van der Waals surface area contributed by atoms with Gasteiger partial charge in [0.2, 0.25) is 0 Å². The van der Waals surface area contributed by atoms with Gasteiger partial charge in [0.1, 0.15) is 0 Å². The van der Waals surface area contributed by atoms with Gasteiger partial charge >= 0.3 is 0 Å². The predicted octanol–water partition coefficient (Wildman–Crippen LogP) is 2.82. The van der Waals surface area contributed by atoms with Gasteiger partial charge in [0.05, 0.1) is 17.6 Å². The summed E-state index contributed by atoms with van der Waals surface area (Å²) in [5.74, 6) is 0. The maximum atomic E-state index is 5.77. The first-order valence-electron chi connectivity index (χ1n) is 4.03. The molecule has 5 heteroatoms. The zero-order valence-electron chi connectivity index (χ0n) is 7.19. The van der Waals surface area contributed by atoms with Gasteiger partial charge in [0.15, 0.2) is 0 Å². The lowest BCUT2D eigenvalue weighted by molar-refractivity contribution is 0.745. The van der Waals surface area contributed by atoms with Crippen LogP contribution in [0.15, 0.2) is 30.5 Å². The lowest BCUT2D eigenvalue weighted by atomic mass is 10.3. The Labute approximate surface area is 94.8 Å². The van der Waals surface area contributed by atoms with Gasteiger partial charge in [-0.15, -0.1) is 0 Å². The quantitative estimate of drug-likeness (QED) is 0.787. The number of halogens is 2. The van der Waals surface area contributed by atoms with Gasteiger partial charge < -0.3 is 0 Å². The summed E-state index contributed by atoms with van der Waals surface area (Å²) in [5, 5.41) is 9.78. The summed E-state index contributed by atoms with van der Waals surface area (Å²) in [5.41, 5.74) is 1.81. The monoisotopic (exact) mass is 271 g/mol. The third kappa shape index (κ3) is 1.96. The molecule has 0 amide bonds. The minimum atomic E-state index is 0.709. The molecular formula is C9H7BrClN3. The van der Waals surface area contributed by atoms with Crippen molar-refractivity contribution in [1.82, 2.24) is 15.0 Å². The van der Waals surface area contributed by atoms with E-state index < -0.39 is 0 Å². The molecule has 3 nitrogen and oxygen atoms in total. The SMILES string of the molecule is Clc1ccc(-n2ncc(CBr)n2)cc1. The molecule has 0 aliphatic heterocycles. The fourth-order valence-corrected chi connectivity index (χ4v) is 1.44. The van der Waals surface area contributed by atoms with Crippen molar-refractivity contribution in [3.63, 3.8) is 0 Å². The van der Waals surface area contributed by atoms with E-state index in [1.54, 1.807) is 11.0 Å². The highest BCUT2D eigenvalue weighted by Gasteiger charge is 2.00. The first-order valence-corrected chi connectivity index (χ1v) is 5.52. The van der Waals surface area contributed by atoms with E-state index in [4.69, 9.17) is 11.6 Å². The van der Waals surface area contributed by atoms with E-state index in [-0.39, 0.29) is 0 Å². The van der Waals surface area contributed by atoms with Crippen LogP contribution in [-0.2, 0) is 5.33 Å². The highest BCUT2D eigenvalue weighted by Crippen LogP contribution is 2.12. The number of benzene rings is 1. The molecule has 0 N–H and O–H groups in total. The van der Waals surface area contributed by atoms with Crippen molar-refractivity contribution in [1.29, 1.82) is 0 Å². The summed E-state index contributed by atoms with van der Waals surface area (Å²) in [6.45, 7) is 0. The fraction of sp³-hybridized carbons (Fsp3) is 0.111. The smallest absolute Gasteiger partial charge is 0.0937 e. The highest BCUT2D eigenvalue weighted by molar-refractivity contribution is 9.08. The van der Waals surface area contributed by atoms with Crippen molar-refractivity contribution >= 4 is 27.5 Å². The first kappa shape index (κ1) is 9.68. The van der Waals surface area contributed by atoms with Crippen LogP contribution in [0.1, 0.15) is 5.69 Å². The molecule has 0 atom stereocenters. The zero-order chi connectivity index (χ0) is 9.97. The Bertz CT molecular complexity index is 424. The maximum Gasteiger partial charge on any atom is 0.0937 e. The third-order valence-electron chi connectivity index (χ3n) is 1.73. The Hall–Kier alpha value is -0.870. The van der Waals surface area contributed by atoms with Crippen molar-refractivity contribution in [2.24, 2.45) is 0 Å². The van der Waals surface area contributed by atoms with Gasteiger partial charge in [-0.25, -0.2) is 0 Å². The van der Waals surface area contributed by atoms with E-state index in [9.17, 15) is 0 Å². The normalized spacial score (nSPS) is 10.4. The molecule has 2 rings (SSSR count). The number of alkyl halides is 1.